The largest absolute Gasteiger partial charge is 0.253 e. The summed E-state index contributed by atoms with van der Waals surface area (Å²) < 4.78 is 1.21. The molecular weight excluding hydrogens is 393 g/mol. The number of nitrogens with one attached hydrogen (secondary N) is 1. The molecule has 2 aromatic carbocycles. The summed E-state index contributed by atoms with van der Waals surface area (Å²) in [4.78, 5) is 4.52. The second kappa shape index (κ2) is 6.82. The predicted octanol–water partition coefficient (Wildman–Crippen LogP) is 4.86. The summed E-state index contributed by atoms with van der Waals surface area (Å²) in [5.41, 5.74) is 6.11. The minimum atomic E-state index is 0.788. The number of nitrogens with zero attached hydrogens (tertiary/aromatic N) is 2. The van der Waals surface area contributed by atoms with E-state index in [0.717, 1.165) is 22.0 Å². The molecule has 0 atom stereocenters. The van der Waals surface area contributed by atoms with Crippen LogP contribution >= 0.6 is 33.9 Å². The van der Waals surface area contributed by atoms with Crippen molar-refractivity contribution in [1.29, 1.82) is 0 Å². The fourth-order valence-corrected chi connectivity index (χ4v) is 2.81. The average molecular weight is 405 g/mol. The Kier molecular flexibility index (Phi) is 4.62. The lowest BCUT2D eigenvalue weighted by atomic mass is 10.2. The van der Waals surface area contributed by atoms with Crippen LogP contribution in [-0.4, -0.2) is 11.2 Å². The third-order valence-corrected chi connectivity index (χ3v) is 4.28. The van der Waals surface area contributed by atoms with Gasteiger partial charge in [0.15, 0.2) is 0 Å². The van der Waals surface area contributed by atoms with Gasteiger partial charge in [0.1, 0.15) is 0 Å². The molecule has 21 heavy (non-hydrogen) atoms. The van der Waals surface area contributed by atoms with Gasteiger partial charge in [0.25, 0.3) is 0 Å². The molecule has 0 amide bonds. The fraction of sp³-hybridized carbons (Fsp3) is 0. The maximum absolute atomic E-state index is 4.52. The SMILES string of the molecule is Ic1ccc(C=NNc2nc(-c3ccccc3)cs2)cc1. The van der Waals surface area contributed by atoms with Gasteiger partial charge < -0.3 is 0 Å². The molecule has 0 spiro atoms. The van der Waals surface area contributed by atoms with Gasteiger partial charge in [0, 0.05) is 14.5 Å². The zero-order valence-electron chi connectivity index (χ0n) is 11.0. The van der Waals surface area contributed by atoms with E-state index >= 15 is 0 Å². The smallest absolute Gasteiger partial charge is 0.203 e. The minimum absolute atomic E-state index is 0.788. The van der Waals surface area contributed by atoms with Crippen LogP contribution in [-0.2, 0) is 0 Å². The van der Waals surface area contributed by atoms with E-state index in [1.807, 2.05) is 47.8 Å². The van der Waals surface area contributed by atoms with Crippen molar-refractivity contribution in [2.75, 3.05) is 5.43 Å². The fourth-order valence-electron chi connectivity index (χ4n) is 1.78. The Balaban J connectivity index is 1.66. The van der Waals surface area contributed by atoms with E-state index < -0.39 is 0 Å². The molecule has 0 saturated heterocycles. The number of hydrazone groups is 1. The number of thiazole rings is 1. The van der Waals surface area contributed by atoms with Gasteiger partial charge in [-0.15, -0.1) is 11.3 Å². The van der Waals surface area contributed by atoms with Crippen molar-refractivity contribution < 1.29 is 0 Å². The molecule has 0 unspecified atom stereocenters. The summed E-state index contributed by atoms with van der Waals surface area (Å²) in [5, 5.41) is 7.03. The number of rotatable bonds is 4. The van der Waals surface area contributed by atoms with Gasteiger partial charge in [-0.3, -0.25) is 5.43 Å². The van der Waals surface area contributed by atoms with Crippen molar-refractivity contribution in [3.63, 3.8) is 0 Å². The molecule has 0 aliphatic rings. The average Bonchev–Trinajstić information content (AvgIpc) is 2.99. The summed E-state index contributed by atoms with van der Waals surface area (Å²) >= 11 is 3.83. The van der Waals surface area contributed by atoms with Gasteiger partial charge in [-0.05, 0) is 40.3 Å². The lowest BCUT2D eigenvalue weighted by Crippen LogP contribution is -1.90. The van der Waals surface area contributed by atoms with Crippen LogP contribution in [0.5, 0.6) is 0 Å². The predicted molar refractivity (Wildman–Crippen MR) is 97.9 cm³/mol. The highest BCUT2D eigenvalue weighted by atomic mass is 127. The molecule has 0 aliphatic heterocycles. The number of halogens is 1. The topological polar surface area (TPSA) is 37.3 Å². The van der Waals surface area contributed by atoms with Gasteiger partial charge in [-0.2, -0.15) is 5.10 Å². The maximum Gasteiger partial charge on any atom is 0.203 e. The maximum atomic E-state index is 4.52. The minimum Gasteiger partial charge on any atom is -0.253 e. The molecule has 1 N–H and O–H groups in total. The second-order valence-corrected chi connectivity index (χ2v) is 6.43. The van der Waals surface area contributed by atoms with Crippen molar-refractivity contribution in [3.8, 4) is 11.3 Å². The lowest BCUT2D eigenvalue weighted by Gasteiger charge is -1.96. The zero-order valence-corrected chi connectivity index (χ0v) is 14.0. The van der Waals surface area contributed by atoms with Gasteiger partial charge >= 0.3 is 0 Å². The number of aromatic nitrogens is 1. The van der Waals surface area contributed by atoms with E-state index in [1.54, 1.807) is 17.6 Å². The van der Waals surface area contributed by atoms with Crippen LogP contribution in [0.2, 0.25) is 0 Å². The highest BCUT2D eigenvalue weighted by Gasteiger charge is 2.02. The van der Waals surface area contributed by atoms with E-state index in [1.165, 1.54) is 3.57 Å². The molecule has 1 heterocycles. The van der Waals surface area contributed by atoms with Crippen LogP contribution in [0, 0.1) is 3.57 Å². The van der Waals surface area contributed by atoms with Gasteiger partial charge in [0.2, 0.25) is 5.13 Å². The summed E-state index contributed by atoms with van der Waals surface area (Å²) in [6.45, 7) is 0. The highest BCUT2D eigenvalue weighted by Crippen LogP contribution is 2.24. The van der Waals surface area contributed by atoms with Crippen LogP contribution in [0.4, 0.5) is 5.13 Å². The molecule has 5 heteroatoms. The summed E-state index contributed by atoms with van der Waals surface area (Å²) in [6, 6.07) is 18.3. The summed E-state index contributed by atoms with van der Waals surface area (Å²) in [5.74, 6) is 0. The molecule has 3 nitrogen and oxygen atoms in total. The second-order valence-electron chi connectivity index (χ2n) is 4.33. The number of benzene rings is 2. The lowest BCUT2D eigenvalue weighted by molar-refractivity contribution is 1.29. The quantitative estimate of drug-likeness (QED) is 0.383. The third kappa shape index (κ3) is 3.89. The number of hydrogen-bond acceptors (Lipinski definition) is 4. The molecule has 1 aromatic heterocycles. The van der Waals surface area contributed by atoms with Crippen molar-refractivity contribution >= 4 is 45.3 Å². The monoisotopic (exact) mass is 405 g/mol. The molecule has 104 valence electrons. The van der Waals surface area contributed by atoms with Gasteiger partial charge in [0.05, 0.1) is 11.9 Å². The molecule has 3 rings (SSSR count). The third-order valence-electron chi connectivity index (χ3n) is 2.82. The Morgan fingerprint density at radius 1 is 1.05 bits per heavy atom. The van der Waals surface area contributed by atoms with Crippen LogP contribution in [0.25, 0.3) is 11.3 Å². The van der Waals surface area contributed by atoms with E-state index in [2.05, 4.69) is 50.2 Å². The van der Waals surface area contributed by atoms with Crippen molar-refractivity contribution in [3.05, 3.63) is 69.1 Å². The molecule has 0 aliphatic carbocycles. The van der Waals surface area contributed by atoms with E-state index in [9.17, 15) is 0 Å². The Morgan fingerprint density at radius 2 is 1.81 bits per heavy atom. The molecular formula is C16H12IN3S. The van der Waals surface area contributed by atoms with Crippen molar-refractivity contribution in [1.82, 2.24) is 4.98 Å². The van der Waals surface area contributed by atoms with Crippen molar-refractivity contribution in [2.45, 2.75) is 0 Å². The Bertz CT molecular complexity index is 736. The van der Waals surface area contributed by atoms with Crippen LogP contribution < -0.4 is 5.43 Å². The standard InChI is InChI=1S/C16H12IN3S/c17-14-8-6-12(7-9-14)10-18-20-16-19-15(11-21-16)13-4-2-1-3-5-13/h1-11H,(H,19,20). The van der Waals surface area contributed by atoms with Crippen LogP contribution in [0.3, 0.4) is 0 Å². The normalized spacial score (nSPS) is 10.9. The Morgan fingerprint density at radius 3 is 2.57 bits per heavy atom. The summed E-state index contributed by atoms with van der Waals surface area (Å²) in [6.07, 6.45) is 1.79. The first kappa shape index (κ1) is 14.2. The van der Waals surface area contributed by atoms with E-state index in [0.29, 0.717) is 0 Å². The zero-order chi connectivity index (χ0) is 14.5. The number of hydrogen-bond donors (Lipinski definition) is 1. The first-order chi connectivity index (χ1) is 10.3. The number of anilines is 1. The first-order valence-electron chi connectivity index (χ1n) is 6.37. The van der Waals surface area contributed by atoms with E-state index in [-0.39, 0.29) is 0 Å². The molecule has 0 fully saturated rings. The summed E-state index contributed by atoms with van der Waals surface area (Å²) in [7, 11) is 0. The van der Waals surface area contributed by atoms with Crippen LogP contribution in [0.15, 0.2) is 65.1 Å². The van der Waals surface area contributed by atoms with Gasteiger partial charge in [-0.1, -0.05) is 42.5 Å². The Labute approximate surface area is 140 Å². The highest BCUT2D eigenvalue weighted by molar-refractivity contribution is 14.1. The molecule has 3 aromatic rings. The van der Waals surface area contributed by atoms with E-state index in [4.69, 9.17) is 0 Å². The first-order valence-corrected chi connectivity index (χ1v) is 8.33. The molecule has 0 bridgehead atoms. The van der Waals surface area contributed by atoms with Crippen molar-refractivity contribution in [2.24, 2.45) is 5.10 Å². The van der Waals surface area contributed by atoms with Gasteiger partial charge in [-0.25, -0.2) is 4.98 Å². The van der Waals surface area contributed by atoms with Crippen LogP contribution in [0.1, 0.15) is 5.56 Å². The molecule has 0 saturated carbocycles. The molecule has 0 radical (unpaired) electrons. The Hall–Kier alpha value is -1.73.